The summed E-state index contributed by atoms with van der Waals surface area (Å²) in [5, 5.41) is -0.187. The molecule has 1 aromatic rings. The van der Waals surface area contributed by atoms with Gasteiger partial charge in [0.05, 0.1) is 6.54 Å². The van der Waals surface area contributed by atoms with E-state index in [1.165, 1.54) is 4.90 Å². The third-order valence-corrected chi connectivity index (χ3v) is 2.58. The van der Waals surface area contributed by atoms with E-state index in [0.29, 0.717) is 13.0 Å². The lowest BCUT2D eigenvalue weighted by Crippen LogP contribution is -2.43. The van der Waals surface area contributed by atoms with Crippen molar-refractivity contribution in [3.8, 4) is 0 Å². The SMILES string of the molecule is FC1(F)CCCN(c2nc(Cl)nc(Cl)n2)C1. The van der Waals surface area contributed by atoms with Gasteiger partial charge in [0.2, 0.25) is 16.5 Å². The number of anilines is 1. The molecule has 2 rings (SSSR count). The van der Waals surface area contributed by atoms with E-state index in [2.05, 4.69) is 15.0 Å². The first-order chi connectivity index (χ1) is 7.46. The predicted molar refractivity (Wildman–Crippen MR) is 56.2 cm³/mol. The molecule has 0 unspecified atom stereocenters. The summed E-state index contributed by atoms with van der Waals surface area (Å²) in [6.45, 7) is 0.0515. The van der Waals surface area contributed by atoms with Gasteiger partial charge in [-0.1, -0.05) is 0 Å². The zero-order valence-electron chi connectivity index (χ0n) is 8.13. The Labute approximate surface area is 101 Å². The zero-order valence-corrected chi connectivity index (χ0v) is 9.64. The van der Waals surface area contributed by atoms with Gasteiger partial charge in [0, 0.05) is 13.0 Å². The maximum atomic E-state index is 13.2. The Morgan fingerprint density at radius 3 is 2.31 bits per heavy atom. The second-order valence-electron chi connectivity index (χ2n) is 3.55. The maximum absolute atomic E-state index is 13.2. The van der Waals surface area contributed by atoms with E-state index in [4.69, 9.17) is 23.2 Å². The van der Waals surface area contributed by atoms with Crippen LogP contribution in [0.4, 0.5) is 14.7 Å². The van der Waals surface area contributed by atoms with Crippen molar-refractivity contribution in [1.29, 1.82) is 0 Å². The number of piperidine rings is 1. The van der Waals surface area contributed by atoms with Gasteiger partial charge in [-0.25, -0.2) is 8.78 Å². The first kappa shape index (κ1) is 11.7. The molecule has 0 saturated carbocycles. The van der Waals surface area contributed by atoms with Crippen molar-refractivity contribution in [2.75, 3.05) is 18.0 Å². The Morgan fingerprint density at radius 2 is 1.75 bits per heavy atom. The summed E-state index contributed by atoms with van der Waals surface area (Å²) in [7, 11) is 0. The molecule has 0 aromatic carbocycles. The van der Waals surface area contributed by atoms with Crippen LogP contribution in [0.15, 0.2) is 0 Å². The van der Waals surface area contributed by atoms with Gasteiger partial charge in [-0.3, -0.25) is 0 Å². The summed E-state index contributed by atoms with van der Waals surface area (Å²) in [5.41, 5.74) is 0. The molecular weight excluding hydrogens is 261 g/mol. The Hall–Kier alpha value is -0.750. The Bertz CT molecular complexity index is 381. The van der Waals surface area contributed by atoms with E-state index in [9.17, 15) is 8.78 Å². The molecule has 88 valence electrons. The molecule has 1 aromatic heterocycles. The number of halogens is 4. The van der Waals surface area contributed by atoms with Gasteiger partial charge in [-0.2, -0.15) is 15.0 Å². The second kappa shape index (κ2) is 4.25. The molecule has 1 aliphatic heterocycles. The minimum atomic E-state index is -2.72. The highest BCUT2D eigenvalue weighted by atomic mass is 35.5. The fourth-order valence-corrected chi connectivity index (χ4v) is 1.95. The van der Waals surface area contributed by atoms with E-state index in [0.717, 1.165) is 0 Å². The molecule has 0 radical (unpaired) electrons. The standard InChI is InChI=1S/C8H8Cl2F2N4/c9-5-13-6(10)15-7(14-5)16-3-1-2-8(11,12)4-16/h1-4H2. The summed E-state index contributed by atoms with van der Waals surface area (Å²) in [5.74, 6) is -2.62. The van der Waals surface area contributed by atoms with Crippen LogP contribution in [0.2, 0.25) is 10.6 Å². The van der Waals surface area contributed by atoms with Crippen molar-refractivity contribution in [3.63, 3.8) is 0 Å². The molecule has 0 aliphatic carbocycles. The lowest BCUT2D eigenvalue weighted by Gasteiger charge is -2.32. The minimum absolute atomic E-state index is 0.0936. The van der Waals surface area contributed by atoms with Gasteiger partial charge in [0.1, 0.15) is 0 Å². The second-order valence-corrected chi connectivity index (χ2v) is 4.23. The van der Waals surface area contributed by atoms with Crippen LogP contribution < -0.4 is 4.90 Å². The summed E-state index contributed by atoms with van der Waals surface area (Å²) in [4.78, 5) is 12.5. The predicted octanol–water partition coefficient (Wildman–Crippen LogP) is 2.41. The van der Waals surface area contributed by atoms with Crippen molar-refractivity contribution in [1.82, 2.24) is 15.0 Å². The molecule has 0 atom stereocenters. The molecule has 0 N–H and O–H groups in total. The van der Waals surface area contributed by atoms with E-state index in [-0.39, 0.29) is 22.9 Å². The molecule has 16 heavy (non-hydrogen) atoms. The number of hydrogen-bond acceptors (Lipinski definition) is 4. The van der Waals surface area contributed by atoms with Crippen LogP contribution in [0.5, 0.6) is 0 Å². The van der Waals surface area contributed by atoms with Gasteiger partial charge in [0.15, 0.2) is 0 Å². The van der Waals surface area contributed by atoms with Gasteiger partial charge < -0.3 is 4.90 Å². The lowest BCUT2D eigenvalue weighted by molar-refractivity contribution is -0.0120. The highest BCUT2D eigenvalue weighted by molar-refractivity contribution is 6.31. The number of rotatable bonds is 1. The maximum Gasteiger partial charge on any atom is 0.265 e. The quantitative estimate of drug-likeness (QED) is 0.785. The number of alkyl halides is 2. The monoisotopic (exact) mass is 268 g/mol. The van der Waals surface area contributed by atoms with Crippen LogP contribution in [0.25, 0.3) is 0 Å². The molecule has 1 aliphatic rings. The number of aromatic nitrogens is 3. The van der Waals surface area contributed by atoms with Crippen molar-refractivity contribution < 1.29 is 8.78 Å². The third kappa shape index (κ3) is 2.68. The average Bonchev–Trinajstić information content (AvgIpc) is 2.14. The third-order valence-electron chi connectivity index (χ3n) is 2.24. The smallest absolute Gasteiger partial charge is 0.265 e. The molecule has 4 nitrogen and oxygen atoms in total. The van der Waals surface area contributed by atoms with Crippen LogP contribution in [0, 0.1) is 0 Å². The fraction of sp³-hybridized carbons (Fsp3) is 0.625. The molecular formula is C8H8Cl2F2N4. The van der Waals surface area contributed by atoms with E-state index >= 15 is 0 Å². The summed E-state index contributed by atoms with van der Waals surface area (Å²) in [6, 6.07) is 0. The highest BCUT2D eigenvalue weighted by Crippen LogP contribution is 2.28. The van der Waals surface area contributed by atoms with Crippen LogP contribution in [-0.2, 0) is 0 Å². The molecule has 0 amide bonds. The normalized spacial score (nSPS) is 19.9. The Kier molecular flexibility index (Phi) is 3.12. The van der Waals surface area contributed by atoms with Crippen LogP contribution in [0.3, 0.4) is 0 Å². The number of nitrogens with zero attached hydrogens (tertiary/aromatic N) is 4. The summed E-state index contributed by atoms with van der Waals surface area (Å²) in [6.07, 6.45) is 0.268. The zero-order chi connectivity index (χ0) is 11.8. The molecule has 1 fully saturated rings. The topological polar surface area (TPSA) is 41.9 Å². The highest BCUT2D eigenvalue weighted by Gasteiger charge is 2.36. The largest absolute Gasteiger partial charge is 0.335 e. The first-order valence-electron chi connectivity index (χ1n) is 4.66. The Balaban J connectivity index is 2.23. The average molecular weight is 269 g/mol. The van der Waals surface area contributed by atoms with Crippen LogP contribution in [0.1, 0.15) is 12.8 Å². The fourth-order valence-electron chi connectivity index (χ4n) is 1.59. The van der Waals surface area contributed by atoms with E-state index in [1.807, 2.05) is 0 Å². The van der Waals surface area contributed by atoms with Crippen molar-refractivity contribution >= 4 is 29.2 Å². The van der Waals surface area contributed by atoms with Crippen molar-refractivity contribution in [3.05, 3.63) is 10.6 Å². The van der Waals surface area contributed by atoms with Gasteiger partial charge in [0.25, 0.3) is 5.92 Å². The lowest BCUT2D eigenvalue weighted by atomic mass is 10.1. The first-order valence-corrected chi connectivity index (χ1v) is 5.42. The number of hydrogen-bond donors (Lipinski definition) is 0. The van der Waals surface area contributed by atoms with Crippen LogP contribution in [-0.4, -0.2) is 34.0 Å². The summed E-state index contributed by atoms with van der Waals surface area (Å²) >= 11 is 11.2. The van der Waals surface area contributed by atoms with Gasteiger partial charge in [-0.05, 0) is 29.6 Å². The molecule has 0 bridgehead atoms. The van der Waals surface area contributed by atoms with Crippen molar-refractivity contribution in [2.24, 2.45) is 0 Å². The van der Waals surface area contributed by atoms with Crippen LogP contribution >= 0.6 is 23.2 Å². The Morgan fingerprint density at radius 1 is 1.12 bits per heavy atom. The molecule has 2 heterocycles. The van der Waals surface area contributed by atoms with Gasteiger partial charge in [-0.15, -0.1) is 0 Å². The van der Waals surface area contributed by atoms with E-state index < -0.39 is 12.5 Å². The molecule has 0 spiro atoms. The summed E-state index contributed by atoms with van der Waals surface area (Å²) < 4.78 is 26.3. The van der Waals surface area contributed by atoms with E-state index in [1.54, 1.807) is 0 Å². The van der Waals surface area contributed by atoms with Crippen molar-refractivity contribution in [2.45, 2.75) is 18.8 Å². The molecule has 1 saturated heterocycles. The molecule has 8 heteroatoms. The van der Waals surface area contributed by atoms with Gasteiger partial charge >= 0.3 is 0 Å². The minimum Gasteiger partial charge on any atom is -0.335 e.